The van der Waals surface area contributed by atoms with Crippen LogP contribution in [0.4, 0.5) is 10.5 Å². The van der Waals surface area contributed by atoms with E-state index in [0.717, 1.165) is 12.8 Å². The molecule has 20 heavy (non-hydrogen) atoms. The zero-order valence-electron chi connectivity index (χ0n) is 10.8. The van der Waals surface area contributed by atoms with Crippen molar-refractivity contribution in [3.63, 3.8) is 0 Å². The quantitative estimate of drug-likeness (QED) is 0.767. The molecule has 0 saturated carbocycles. The fourth-order valence-electron chi connectivity index (χ4n) is 2.14. The van der Waals surface area contributed by atoms with E-state index in [1.54, 1.807) is 11.0 Å². The van der Waals surface area contributed by atoms with Crippen molar-refractivity contribution in [1.29, 1.82) is 0 Å². The van der Waals surface area contributed by atoms with E-state index in [4.69, 9.17) is 10.8 Å². The molecule has 0 radical (unpaired) electrons. The molecule has 1 aliphatic heterocycles. The summed E-state index contributed by atoms with van der Waals surface area (Å²) in [6.45, 7) is 1.22. The summed E-state index contributed by atoms with van der Waals surface area (Å²) in [5.41, 5.74) is 6.55. The number of carboxylic acid groups (broad SMARTS) is 1. The van der Waals surface area contributed by atoms with Crippen molar-refractivity contribution in [2.75, 3.05) is 18.4 Å². The minimum atomic E-state index is -1.01. The van der Waals surface area contributed by atoms with Gasteiger partial charge in [0.05, 0.1) is 11.3 Å². The normalized spacial score (nSPS) is 18.7. The zero-order valence-corrected chi connectivity index (χ0v) is 12.4. The van der Waals surface area contributed by atoms with Gasteiger partial charge < -0.3 is 21.1 Å². The fourth-order valence-corrected chi connectivity index (χ4v) is 2.62. The molecular formula is C13H16BrN3O3. The molecule has 1 saturated heterocycles. The largest absolute Gasteiger partial charge is 0.478 e. The molecule has 108 valence electrons. The first-order valence-corrected chi connectivity index (χ1v) is 7.11. The van der Waals surface area contributed by atoms with Gasteiger partial charge in [-0.2, -0.15) is 0 Å². The van der Waals surface area contributed by atoms with Crippen molar-refractivity contribution >= 4 is 33.6 Å². The van der Waals surface area contributed by atoms with Crippen molar-refractivity contribution in [2.24, 2.45) is 5.73 Å². The Morgan fingerprint density at radius 3 is 2.80 bits per heavy atom. The highest BCUT2D eigenvalue weighted by Gasteiger charge is 2.21. The van der Waals surface area contributed by atoms with Crippen LogP contribution in [-0.2, 0) is 0 Å². The maximum absolute atomic E-state index is 12.1. The minimum Gasteiger partial charge on any atom is -0.478 e. The molecule has 1 unspecified atom stereocenters. The van der Waals surface area contributed by atoms with Crippen molar-refractivity contribution in [1.82, 2.24) is 4.90 Å². The van der Waals surface area contributed by atoms with Crippen LogP contribution in [0, 0.1) is 0 Å². The van der Waals surface area contributed by atoms with E-state index in [-0.39, 0.29) is 17.6 Å². The first-order valence-electron chi connectivity index (χ1n) is 6.31. The van der Waals surface area contributed by atoms with Crippen LogP contribution in [0.25, 0.3) is 0 Å². The van der Waals surface area contributed by atoms with Gasteiger partial charge in [-0.05, 0) is 47.0 Å². The molecule has 0 bridgehead atoms. The maximum atomic E-state index is 12.1. The molecule has 0 spiro atoms. The van der Waals surface area contributed by atoms with Crippen LogP contribution in [0.1, 0.15) is 23.2 Å². The molecule has 1 atom stereocenters. The molecule has 0 aromatic heterocycles. The van der Waals surface area contributed by atoms with Crippen LogP contribution in [0.5, 0.6) is 0 Å². The van der Waals surface area contributed by atoms with Gasteiger partial charge in [-0.15, -0.1) is 0 Å². The van der Waals surface area contributed by atoms with Gasteiger partial charge in [-0.25, -0.2) is 9.59 Å². The van der Waals surface area contributed by atoms with E-state index in [1.807, 2.05) is 0 Å². The lowest BCUT2D eigenvalue weighted by molar-refractivity contribution is 0.0697. The summed E-state index contributed by atoms with van der Waals surface area (Å²) >= 11 is 3.26. The predicted octanol–water partition coefficient (Wildman–Crippen LogP) is 2.10. The Kier molecular flexibility index (Phi) is 4.61. The zero-order chi connectivity index (χ0) is 14.7. The second-order valence-corrected chi connectivity index (χ2v) is 5.63. The first kappa shape index (κ1) is 14.8. The number of nitrogens with one attached hydrogen (secondary N) is 1. The molecule has 4 N–H and O–H groups in total. The van der Waals surface area contributed by atoms with E-state index in [9.17, 15) is 9.59 Å². The number of piperidine rings is 1. The smallest absolute Gasteiger partial charge is 0.335 e. The highest BCUT2D eigenvalue weighted by atomic mass is 79.9. The number of carbonyl (C=O) groups is 2. The standard InChI is InChI=1S/C13H16BrN3O3/c14-10-6-8(12(18)19)3-4-11(10)16-13(20)17-5-1-2-9(15)7-17/h3-4,6,9H,1-2,5,7,15H2,(H,16,20)(H,18,19). The minimum absolute atomic E-state index is 0.0207. The SMILES string of the molecule is NC1CCCN(C(=O)Nc2ccc(C(=O)O)cc2Br)C1. The molecule has 1 heterocycles. The van der Waals surface area contributed by atoms with Gasteiger partial charge in [0.15, 0.2) is 0 Å². The van der Waals surface area contributed by atoms with Crippen molar-refractivity contribution in [3.05, 3.63) is 28.2 Å². The molecule has 2 rings (SSSR count). The van der Waals surface area contributed by atoms with E-state index in [2.05, 4.69) is 21.2 Å². The Balaban J connectivity index is 2.06. The van der Waals surface area contributed by atoms with Gasteiger partial charge >= 0.3 is 12.0 Å². The van der Waals surface area contributed by atoms with Crippen LogP contribution >= 0.6 is 15.9 Å². The molecule has 2 amide bonds. The molecule has 0 aliphatic carbocycles. The average molecular weight is 342 g/mol. The van der Waals surface area contributed by atoms with E-state index in [1.165, 1.54) is 12.1 Å². The predicted molar refractivity (Wildman–Crippen MR) is 78.9 cm³/mol. The fraction of sp³-hybridized carbons (Fsp3) is 0.385. The molecular weight excluding hydrogens is 326 g/mol. The number of nitrogens with two attached hydrogens (primary N) is 1. The Morgan fingerprint density at radius 2 is 2.20 bits per heavy atom. The van der Waals surface area contributed by atoms with Crippen LogP contribution < -0.4 is 11.1 Å². The second kappa shape index (κ2) is 6.23. The number of urea groups is 1. The number of aromatic carboxylic acids is 1. The Morgan fingerprint density at radius 1 is 1.45 bits per heavy atom. The topological polar surface area (TPSA) is 95.7 Å². The maximum Gasteiger partial charge on any atom is 0.335 e. The van der Waals surface area contributed by atoms with Gasteiger partial charge in [0.2, 0.25) is 0 Å². The Labute approximate surface area is 125 Å². The highest BCUT2D eigenvalue weighted by molar-refractivity contribution is 9.10. The van der Waals surface area contributed by atoms with Gasteiger partial charge in [0, 0.05) is 23.6 Å². The third-order valence-corrected chi connectivity index (χ3v) is 3.86. The number of nitrogens with zero attached hydrogens (tertiary/aromatic N) is 1. The number of hydrogen-bond acceptors (Lipinski definition) is 3. The third-order valence-electron chi connectivity index (χ3n) is 3.20. The number of halogens is 1. The number of amides is 2. The number of hydrogen-bond donors (Lipinski definition) is 3. The van der Waals surface area contributed by atoms with Crippen molar-refractivity contribution in [2.45, 2.75) is 18.9 Å². The second-order valence-electron chi connectivity index (χ2n) is 4.78. The summed E-state index contributed by atoms with van der Waals surface area (Å²) in [6.07, 6.45) is 1.83. The Bertz CT molecular complexity index is 536. The average Bonchev–Trinajstić information content (AvgIpc) is 2.40. The summed E-state index contributed by atoms with van der Waals surface area (Å²) in [6, 6.07) is 4.27. The molecule has 1 aliphatic rings. The number of likely N-dealkylation sites (tertiary alicyclic amines) is 1. The lowest BCUT2D eigenvalue weighted by Gasteiger charge is -2.30. The number of carboxylic acids is 1. The number of anilines is 1. The highest BCUT2D eigenvalue weighted by Crippen LogP contribution is 2.24. The lowest BCUT2D eigenvalue weighted by Crippen LogP contribution is -2.47. The van der Waals surface area contributed by atoms with E-state index in [0.29, 0.717) is 23.2 Å². The van der Waals surface area contributed by atoms with Gasteiger partial charge in [0.25, 0.3) is 0 Å². The monoisotopic (exact) mass is 341 g/mol. The molecule has 1 aromatic rings. The van der Waals surface area contributed by atoms with Crippen LogP contribution in [0.2, 0.25) is 0 Å². The van der Waals surface area contributed by atoms with Crippen molar-refractivity contribution < 1.29 is 14.7 Å². The van der Waals surface area contributed by atoms with Crippen LogP contribution in [0.15, 0.2) is 22.7 Å². The Hall–Kier alpha value is -1.60. The van der Waals surface area contributed by atoms with Crippen LogP contribution in [-0.4, -0.2) is 41.1 Å². The van der Waals surface area contributed by atoms with Gasteiger partial charge in [0.1, 0.15) is 0 Å². The van der Waals surface area contributed by atoms with E-state index >= 15 is 0 Å². The lowest BCUT2D eigenvalue weighted by atomic mass is 10.1. The van der Waals surface area contributed by atoms with Crippen molar-refractivity contribution in [3.8, 4) is 0 Å². The third kappa shape index (κ3) is 3.49. The molecule has 1 aromatic carbocycles. The number of rotatable bonds is 2. The van der Waals surface area contributed by atoms with E-state index < -0.39 is 5.97 Å². The number of benzene rings is 1. The molecule has 7 heteroatoms. The first-order chi connectivity index (χ1) is 9.47. The van der Waals surface area contributed by atoms with Crippen LogP contribution in [0.3, 0.4) is 0 Å². The summed E-state index contributed by atoms with van der Waals surface area (Å²) in [5.74, 6) is -1.01. The summed E-state index contributed by atoms with van der Waals surface area (Å²) < 4.78 is 0.534. The summed E-state index contributed by atoms with van der Waals surface area (Å²) in [5, 5.41) is 11.6. The number of carbonyl (C=O) groups excluding carboxylic acids is 1. The molecule has 6 nitrogen and oxygen atoms in total. The molecule has 1 fully saturated rings. The summed E-state index contributed by atoms with van der Waals surface area (Å²) in [4.78, 5) is 24.6. The van der Waals surface area contributed by atoms with Gasteiger partial charge in [-0.3, -0.25) is 0 Å². The summed E-state index contributed by atoms with van der Waals surface area (Å²) in [7, 11) is 0. The van der Waals surface area contributed by atoms with Gasteiger partial charge in [-0.1, -0.05) is 0 Å².